The second-order valence-corrected chi connectivity index (χ2v) is 6.55. The Morgan fingerprint density at radius 2 is 1.78 bits per heavy atom. The predicted octanol–water partition coefficient (Wildman–Crippen LogP) is 2.83. The Bertz CT molecular complexity index is 592. The van der Waals surface area contributed by atoms with Crippen molar-refractivity contribution in [3.63, 3.8) is 0 Å². The van der Waals surface area contributed by atoms with Crippen molar-refractivity contribution in [3.8, 4) is 0 Å². The quantitative estimate of drug-likeness (QED) is 0.779. The fourth-order valence-corrected chi connectivity index (χ4v) is 3.45. The average Bonchev–Trinajstić information content (AvgIpc) is 3.05. The lowest BCUT2D eigenvalue weighted by Crippen LogP contribution is -2.34. The van der Waals surface area contributed by atoms with Gasteiger partial charge in [-0.15, -0.1) is 11.8 Å². The second-order valence-electron chi connectivity index (χ2n) is 5.27. The first kappa shape index (κ1) is 17.7. The van der Waals surface area contributed by atoms with E-state index in [4.69, 9.17) is 0 Å². The van der Waals surface area contributed by atoms with Crippen LogP contribution in [0.1, 0.15) is 25.7 Å². The van der Waals surface area contributed by atoms with Crippen molar-refractivity contribution in [2.24, 2.45) is 0 Å². The summed E-state index contributed by atoms with van der Waals surface area (Å²) in [6.45, 7) is -0.359. The van der Waals surface area contributed by atoms with Gasteiger partial charge < -0.3 is 10.6 Å². The highest BCUT2D eigenvalue weighted by Gasteiger charge is 2.18. The molecule has 1 aromatic carbocycles. The zero-order chi connectivity index (χ0) is 16.8. The SMILES string of the molecule is O=C(CSC1CCCC1)NCC(=O)Nc1ccc(F)c(F)c1F. The molecule has 1 fully saturated rings. The third-order valence-corrected chi connectivity index (χ3v) is 4.88. The van der Waals surface area contributed by atoms with Gasteiger partial charge in [-0.1, -0.05) is 12.8 Å². The van der Waals surface area contributed by atoms with E-state index in [2.05, 4.69) is 10.6 Å². The van der Waals surface area contributed by atoms with Crippen LogP contribution in [-0.2, 0) is 9.59 Å². The number of amides is 2. The number of anilines is 1. The molecule has 2 amide bonds. The van der Waals surface area contributed by atoms with E-state index in [1.54, 1.807) is 11.8 Å². The van der Waals surface area contributed by atoms with Gasteiger partial charge in [0, 0.05) is 5.25 Å². The summed E-state index contributed by atoms with van der Waals surface area (Å²) >= 11 is 1.56. The topological polar surface area (TPSA) is 58.2 Å². The molecule has 4 nitrogen and oxygen atoms in total. The highest BCUT2D eigenvalue weighted by atomic mass is 32.2. The summed E-state index contributed by atoms with van der Waals surface area (Å²) in [7, 11) is 0. The van der Waals surface area contributed by atoms with E-state index in [0.717, 1.165) is 18.9 Å². The third kappa shape index (κ3) is 5.16. The smallest absolute Gasteiger partial charge is 0.243 e. The van der Waals surface area contributed by atoms with Crippen LogP contribution in [0.25, 0.3) is 0 Å². The molecule has 1 aromatic rings. The van der Waals surface area contributed by atoms with Crippen LogP contribution in [0.2, 0.25) is 0 Å². The normalized spacial score (nSPS) is 14.7. The second kappa shape index (κ2) is 8.24. The van der Waals surface area contributed by atoms with Crippen LogP contribution in [0.4, 0.5) is 18.9 Å². The molecule has 0 aliphatic heterocycles. The van der Waals surface area contributed by atoms with E-state index in [1.165, 1.54) is 12.8 Å². The van der Waals surface area contributed by atoms with E-state index < -0.39 is 29.0 Å². The number of rotatable bonds is 6. The van der Waals surface area contributed by atoms with Crippen molar-refractivity contribution < 1.29 is 22.8 Å². The minimum absolute atomic E-state index is 0.261. The third-order valence-electron chi connectivity index (χ3n) is 3.51. The summed E-state index contributed by atoms with van der Waals surface area (Å²) in [5.41, 5.74) is -0.469. The van der Waals surface area contributed by atoms with Gasteiger partial charge in [0.1, 0.15) is 0 Å². The fourth-order valence-electron chi connectivity index (χ4n) is 2.30. The van der Waals surface area contributed by atoms with Crippen molar-refractivity contribution in [1.29, 1.82) is 0 Å². The molecule has 1 saturated carbocycles. The first-order valence-electron chi connectivity index (χ1n) is 7.29. The van der Waals surface area contributed by atoms with Crippen molar-refractivity contribution >= 4 is 29.3 Å². The van der Waals surface area contributed by atoms with Crippen molar-refractivity contribution in [3.05, 3.63) is 29.6 Å². The number of hydrogen-bond donors (Lipinski definition) is 2. The molecule has 0 atom stereocenters. The fraction of sp³-hybridized carbons (Fsp3) is 0.467. The average molecular weight is 346 g/mol. The van der Waals surface area contributed by atoms with Gasteiger partial charge in [-0.05, 0) is 25.0 Å². The molecule has 1 aliphatic rings. The van der Waals surface area contributed by atoms with E-state index in [0.29, 0.717) is 11.3 Å². The molecular formula is C15H17F3N2O2S. The summed E-state index contributed by atoms with van der Waals surface area (Å²) in [6, 6.07) is 1.63. The van der Waals surface area contributed by atoms with Gasteiger partial charge in [0.25, 0.3) is 0 Å². The first-order chi connectivity index (χ1) is 11.0. The molecule has 1 aliphatic carbocycles. The number of carbonyl (C=O) groups is 2. The summed E-state index contributed by atoms with van der Waals surface area (Å²) in [5, 5.41) is 4.99. The van der Waals surface area contributed by atoms with Gasteiger partial charge in [0.05, 0.1) is 18.0 Å². The Morgan fingerprint density at radius 3 is 2.48 bits per heavy atom. The molecule has 0 aromatic heterocycles. The molecule has 0 bridgehead atoms. The summed E-state index contributed by atoms with van der Waals surface area (Å²) in [4.78, 5) is 23.2. The number of carbonyl (C=O) groups excluding carboxylic acids is 2. The molecule has 8 heteroatoms. The van der Waals surface area contributed by atoms with Gasteiger partial charge in [0.2, 0.25) is 11.8 Å². The van der Waals surface area contributed by atoms with Crippen molar-refractivity contribution in [2.75, 3.05) is 17.6 Å². The van der Waals surface area contributed by atoms with Gasteiger partial charge in [-0.25, -0.2) is 13.2 Å². The molecule has 0 heterocycles. The lowest BCUT2D eigenvalue weighted by atomic mass is 10.2. The standard InChI is InChI=1S/C15H17F3N2O2S/c16-10-5-6-11(15(18)14(10)17)20-12(21)7-19-13(22)8-23-9-3-1-2-4-9/h5-6,9H,1-4,7-8H2,(H,19,22)(H,20,21). The highest BCUT2D eigenvalue weighted by Crippen LogP contribution is 2.29. The zero-order valence-electron chi connectivity index (χ0n) is 12.3. The van der Waals surface area contributed by atoms with Crippen LogP contribution in [-0.4, -0.2) is 29.4 Å². The molecule has 0 unspecified atom stereocenters. The van der Waals surface area contributed by atoms with Gasteiger partial charge in [-0.3, -0.25) is 9.59 Å². The van der Waals surface area contributed by atoms with E-state index in [1.807, 2.05) is 0 Å². The lowest BCUT2D eigenvalue weighted by molar-refractivity contribution is -0.122. The highest BCUT2D eigenvalue weighted by molar-refractivity contribution is 8.00. The minimum Gasteiger partial charge on any atom is -0.346 e. The Labute approximate surface area is 136 Å². The predicted molar refractivity (Wildman–Crippen MR) is 82.7 cm³/mol. The Morgan fingerprint density at radius 1 is 1.09 bits per heavy atom. The maximum atomic E-state index is 13.4. The molecular weight excluding hydrogens is 329 g/mol. The summed E-state index contributed by atoms with van der Waals surface area (Å²) < 4.78 is 39.2. The van der Waals surface area contributed by atoms with Crippen LogP contribution in [0.15, 0.2) is 12.1 Å². The minimum atomic E-state index is -1.65. The molecule has 126 valence electrons. The number of nitrogens with one attached hydrogen (secondary N) is 2. The summed E-state index contributed by atoms with van der Waals surface area (Å²) in [5.74, 6) is -5.20. The Kier molecular flexibility index (Phi) is 6.32. The molecule has 23 heavy (non-hydrogen) atoms. The van der Waals surface area contributed by atoms with Crippen molar-refractivity contribution in [2.45, 2.75) is 30.9 Å². The molecule has 2 N–H and O–H groups in total. The van der Waals surface area contributed by atoms with Gasteiger partial charge in [-0.2, -0.15) is 0 Å². The van der Waals surface area contributed by atoms with Gasteiger partial charge >= 0.3 is 0 Å². The molecule has 0 radical (unpaired) electrons. The van der Waals surface area contributed by atoms with Crippen LogP contribution >= 0.6 is 11.8 Å². The monoisotopic (exact) mass is 346 g/mol. The molecule has 0 saturated heterocycles. The number of thioether (sulfide) groups is 1. The summed E-state index contributed by atoms with van der Waals surface area (Å²) in [6.07, 6.45) is 4.57. The van der Waals surface area contributed by atoms with Crippen molar-refractivity contribution in [1.82, 2.24) is 5.32 Å². The van der Waals surface area contributed by atoms with E-state index >= 15 is 0 Å². The number of benzene rings is 1. The van der Waals surface area contributed by atoms with Gasteiger partial charge in [0.15, 0.2) is 17.5 Å². The van der Waals surface area contributed by atoms with E-state index in [9.17, 15) is 22.8 Å². The first-order valence-corrected chi connectivity index (χ1v) is 8.34. The maximum absolute atomic E-state index is 13.4. The van der Waals surface area contributed by atoms with Crippen LogP contribution in [0, 0.1) is 17.5 Å². The largest absolute Gasteiger partial charge is 0.346 e. The van der Waals surface area contributed by atoms with Crippen LogP contribution in [0.5, 0.6) is 0 Å². The molecule has 0 spiro atoms. The van der Waals surface area contributed by atoms with Crippen LogP contribution in [0.3, 0.4) is 0 Å². The van der Waals surface area contributed by atoms with Crippen LogP contribution < -0.4 is 10.6 Å². The Balaban J connectivity index is 1.74. The lowest BCUT2D eigenvalue weighted by Gasteiger charge is -2.10. The Hall–Kier alpha value is -1.70. The van der Waals surface area contributed by atoms with E-state index in [-0.39, 0.29) is 18.2 Å². The maximum Gasteiger partial charge on any atom is 0.243 e. The zero-order valence-corrected chi connectivity index (χ0v) is 13.1. The number of halogens is 3. The molecule has 2 rings (SSSR count). The number of hydrogen-bond acceptors (Lipinski definition) is 3.